The zero-order valence-corrected chi connectivity index (χ0v) is 12.8. The number of carbonyl (C=O) groups excluding carboxylic acids is 1. The summed E-state index contributed by atoms with van der Waals surface area (Å²) in [5.41, 5.74) is 8.99. The van der Waals surface area contributed by atoms with Gasteiger partial charge < -0.3 is 16.4 Å². The maximum absolute atomic E-state index is 12.0. The molecule has 0 radical (unpaired) electrons. The maximum atomic E-state index is 12.0. The van der Waals surface area contributed by atoms with E-state index in [-0.39, 0.29) is 5.91 Å². The number of nitrogen functional groups attached to an aromatic ring is 1. The largest absolute Gasteiger partial charge is 0.397 e. The third kappa shape index (κ3) is 3.36. The van der Waals surface area contributed by atoms with Crippen molar-refractivity contribution in [2.75, 3.05) is 11.1 Å². The van der Waals surface area contributed by atoms with E-state index >= 15 is 0 Å². The highest BCUT2D eigenvalue weighted by Gasteiger charge is 2.25. The zero-order chi connectivity index (χ0) is 14.8. The van der Waals surface area contributed by atoms with E-state index in [0.717, 1.165) is 24.4 Å². The first-order valence-electron chi connectivity index (χ1n) is 7.12. The van der Waals surface area contributed by atoms with Crippen molar-refractivity contribution in [3.8, 4) is 0 Å². The fraction of sp³-hybridized carbons (Fsp3) is 0.312. The molecule has 110 valence electrons. The van der Waals surface area contributed by atoms with Crippen molar-refractivity contribution in [3.63, 3.8) is 0 Å². The van der Waals surface area contributed by atoms with Gasteiger partial charge in [-0.05, 0) is 37.0 Å². The van der Waals surface area contributed by atoms with Gasteiger partial charge in [-0.3, -0.25) is 4.79 Å². The number of hydrogen-bond donors (Lipinski definition) is 3. The lowest BCUT2D eigenvalue weighted by molar-refractivity contribution is 0.0956. The minimum Gasteiger partial charge on any atom is -0.397 e. The van der Waals surface area contributed by atoms with Crippen molar-refractivity contribution in [1.82, 2.24) is 5.32 Å². The van der Waals surface area contributed by atoms with Crippen LogP contribution in [0.5, 0.6) is 0 Å². The van der Waals surface area contributed by atoms with Crippen LogP contribution in [-0.2, 0) is 6.54 Å². The fourth-order valence-electron chi connectivity index (χ4n) is 2.14. The highest BCUT2D eigenvalue weighted by Crippen LogP contribution is 2.30. The summed E-state index contributed by atoms with van der Waals surface area (Å²) in [7, 11) is 0. The van der Waals surface area contributed by atoms with E-state index in [1.165, 1.54) is 22.5 Å². The number of amides is 1. The topological polar surface area (TPSA) is 67.1 Å². The summed E-state index contributed by atoms with van der Waals surface area (Å²) in [6, 6.07) is 10.4. The van der Waals surface area contributed by atoms with Gasteiger partial charge in [-0.1, -0.05) is 24.3 Å². The van der Waals surface area contributed by atoms with E-state index in [1.807, 2.05) is 18.2 Å². The Morgan fingerprint density at radius 2 is 2.14 bits per heavy atom. The molecule has 0 spiro atoms. The molecule has 1 aromatic carbocycles. The Morgan fingerprint density at radius 1 is 1.38 bits per heavy atom. The van der Waals surface area contributed by atoms with Crippen molar-refractivity contribution in [3.05, 3.63) is 46.3 Å². The first kappa shape index (κ1) is 13.9. The summed E-state index contributed by atoms with van der Waals surface area (Å²) in [4.78, 5) is 12.7. The summed E-state index contributed by atoms with van der Waals surface area (Å²) in [5.74, 6) is -0.0519. The van der Waals surface area contributed by atoms with Gasteiger partial charge in [0.05, 0.1) is 10.7 Å². The normalized spacial score (nSPS) is 14.0. The second-order valence-corrected chi connectivity index (χ2v) is 6.48. The number of carbonyl (C=O) groups is 1. The van der Waals surface area contributed by atoms with Crippen LogP contribution in [0.1, 0.15) is 33.6 Å². The van der Waals surface area contributed by atoms with Gasteiger partial charge in [-0.15, -0.1) is 11.3 Å². The van der Waals surface area contributed by atoms with E-state index in [1.54, 1.807) is 0 Å². The highest BCUT2D eigenvalue weighted by atomic mass is 32.1. The predicted octanol–water partition coefficient (Wildman–Crippen LogP) is 3.14. The van der Waals surface area contributed by atoms with E-state index in [0.29, 0.717) is 16.6 Å². The number of anilines is 2. The van der Waals surface area contributed by atoms with Gasteiger partial charge >= 0.3 is 0 Å². The molecule has 1 aromatic heterocycles. The molecule has 1 aliphatic carbocycles. The Hall–Kier alpha value is -2.01. The molecule has 5 heteroatoms. The van der Waals surface area contributed by atoms with Gasteiger partial charge in [-0.2, -0.15) is 0 Å². The van der Waals surface area contributed by atoms with Gasteiger partial charge in [-0.25, -0.2) is 0 Å². The van der Waals surface area contributed by atoms with Crippen LogP contribution in [0.15, 0.2) is 30.3 Å². The minimum absolute atomic E-state index is 0.0519. The second-order valence-electron chi connectivity index (χ2n) is 5.42. The first-order valence-corrected chi connectivity index (χ1v) is 7.93. The molecule has 0 bridgehead atoms. The standard InChI is InChI=1S/C16H19N3OS/c1-10-4-2-3-5-11(10)9-18-14-8-13(17)15(21-14)16(20)19-12-6-7-12/h2-5,8,12,18H,6-7,9,17H2,1H3,(H,19,20). The molecule has 0 saturated heterocycles. The molecule has 0 atom stereocenters. The van der Waals surface area contributed by atoms with Gasteiger partial charge in [0.15, 0.2) is 0 Å². The van der Waals surface area contributed by atoms with Gasteiger partial charge in [0.2, 0.25) is 0 Å². The average Bonchev–Trinajstić information content (AvgIpc) is 3.19. The summed E-state index contributed by atoms with van der Waals surface area (Å²) in [5, 5.41) is 7.24. The monoisotopic (exact) mass is 301 g/mol. The molecule has 4 N–H and O–H groups in total. The van der Waals surface area contributed by atoms with Crippen molar-refractivity contribution < 1.29 is 4.79 Å². The van der Waals surface area contributed by atoms with Crippen LogP contribution in [-0.4, -0.2) is 11.9 Å². The molecule has 1 aliphatic rings. The molecule has 1 fully saturated rings. The Balaban J connectivity index is 1.66. The predicted molar refractivity (Wildman–Crippen MR) is 87.7 cm³/mol. The average molecular weight is 301 g/mol. The van der Waals surface area contributed by atoms with Crippen molar-refractivity contribution >= 4 is 27.9 Å². The van der Waals surface area contributed by atoms with Crippen LogP contribution in [0.4, 0.5) is 10.7 Å². The molecule has 21 heavy (non-hydrogen) atoms. The number of thiophene rings is 1. The number of hydrogen-bond acceptors (Lipinski definition) is 4. The minimum atomic E-state index is -0.0519. The van der Waals surface area contributed by atoms with Crippen LogP contribution < -0.4 is 16.4 Å². The number of nitrogens with one attached hydrogen (secondary N) is 2. The highest BCUT2D eigenvalue weighted by molar-refractivity contribution is 7.18. The van der Waals surface area contributed by atoms with Gasteiger partial charge in [0.25, 0.3) is 5.91 Å². The maximum Gasteiger partial charge on any atom is 0.263 e. The Bertz CT molecular complexity index is 661. The zero-order valence-electron chi connectivity index (χ0n) is 12.0. The third-order valence-electron chi connectivity index (χ3n) is 3.59. The lowest BCUT2D eigenvalue weighted by Gasteiger charge is -2.06. The van der Waals surface area contributed by atoms with E-state index in [2.05, 4.69) is 29.7 Å². The van der Waals surface area contributed by atoms with Gasteiger partial charge in [0.1, 0.15) is 4.88 Å². The van der Waals surface area contributed by atoms with Crippen molar-refractivity contribution in [2.24, 2.45) is 0 Å². The van der Waals surface area contributed by atoms with E-state index in [4.69, 9.17) is 5.73 Å². The third-order valence-corrected chi connectivity index (χ3v) is 4.70. The lowest BCUT2D eigenvalue weighted by Crippen LogP contribution is -2.25. The Kier molecular flexibility index (Phi) is 3.84. The van der Waals surface area contributed by atoms with Crippen LogP contribution in [0.2, 0.25) is 0 Å². The molecular weight excluding hydrogens is 282 g/mol. The lowest BCUT2D eigenvalue weighted by atomic mass is 10.1. The SMILES string of the molecule is Cc1ccccc1CNc1cc(N)c(C(=O)NC2CC2)s1. The summed E-state index contributed by atoms with van der Waals surface area (Å²) in [6.45, 7) is 2.82. The molecule has 0 unspecified atom stereocenters. The first-order chi connectivity index (χ1) is 10.1. The molecule has 1 heterocycles. The number of nitrogens with two attached hydrogens (primary N) is 1. The summed E-state index contributed by atoms with van der Waals surface area (Å²) >= 11 is 1.41. The Morgan fingerprint density at radius 3 is 2.86 bits per heavy atom. The fourth-order valence-corrected chi connectivity index (χ4v) is 3.02. The quantitative estimate of drug-likeness (QED) is 0.795. The second kappa shape index (κ2) is 5.77. The number of aryl methyl sites for hydroxylation is 1. The van der Waals surface area contributed by atoms with Crippen LogP contribution in [0.25, 0.3) is 0 Å². The smallest absolute Gasteiger partial charge is 0.263 e. The summed E-state index contributed by atoms with van der Waals surface area (Å²) < 4.78 is 0. The molecule has 1 saturated carbocycles. The molecule has 1 amide bonds. The molecule has 0 aliphatic heterocycles. The molecule has 3 rings (SSSR count). The van der Waals surface area contributed by atoms with Crippen LogP contribution >= 0.6 is 11.3 Å². The van der Waals surface area contributed by atoms with Gasteiger partial charge in [0, 0.05) is 12.6 Å². The van der Waals surface area contributed by atoms with Crippen LogP contribution in [0, 0.1) is 6.92 Å². The van der Waals surface area contributed by atoms with Crippen molar-refractivity contribution in [2.45, 2.75) is 32.4 Å². The van der Waals surface area contributed by atoms with Crippen molar-refractivity contribution in [1.29, 1.82) is 0 Å². The van der Waals surface area contributed by atoms with Crippen LogP contribution in [0.3, 0.4) is 0 Å². The Labute approximate surface area is 128 Å². The number of benzene rings is 1. The van der Waals surface area contributed by atoms with E-state index < -0.39 is 0 Å². The molecular formula is C16H19N3OS. The summed E-state index contributed by atoms with van der Waals surface area (Å²) in [6.07, 6.45) is 2.16. The molecule has 4 nitrogen and oxygen atoms in total. The van der Waals surface area contributed by atoms with E-state index in [9.17, 15) is 4.79 Å². The number of rotatable bonds is 5. The molecule has 2 aromatic rings.